The maximum Gasteiger partial charge on any atom is 0.323 e. The number of carbonyl (C=O) groups excluding carboxylic acids is 1. The lowest BCUT2D eigenvalue weighted by Crippen LogP contribution is -2.34. The molecule has 1 fully saturated rings. The van der Waals surface area contributed by atoms with Crippen LogP contribution in [0, 0.1) is 5.92 Å². The molecule has 0 aliphatic carbocycles. The molecular formula is C20H33FN7O5P. The Morgan fingerprint density at radius 1 is 1.47 bits per heavy atom. The van der Waals surface area contributed by atoms with Crippen molar-refractivity contribution in [3.8, 4) is 0 Å². The number of esters is 1. The first-order valence-electron chi connectivity index (χ1n) is 11.2. The van der Waals surface area contributed by atoms with Gasteiger partial charge in [-0.3, -0.25) is 13.9 Å². The van der Waals surface area contributed by atoms with E-state index in [-0.39, 0.29) is 24.4 Å². The molecule has 34 heavy (non-hydrogen) atoms. The zero-order chi connectivity index (χ0) is 25.2. The Morgan fingerprint density at radius 2 is 2.18 bits per heavy atom. The number of ether oxygens (including phenoxy) is 2. The van der Waals surface area contributed by atoms with Crippen LogP contribution in [-0.2, 0) is 23.4 Å². The van der Waals surface area contributed by atoms with E-state index in [1.165, 1.54) is 13.3 Å². The van der Waals surface area contributed by atoms with E-state index in [9.17, 15) is 9.36 Å². The number of nitrogen functional groups attached to an aromatic ring is 1. The third-order valence-electron chi connectivity index (χ3n) is 5.43. The molecule has 2 aromatic heterocycles. The minimum absolute atomic E-state index is 0.000281. The molecule has 0 amide bonds. The molecule has 5 atom stereocenters. The summed E-state index contributed by atoms with van der Waals surface area (Å²) in [5.74, 6) is -2.39. The van der Waals surface area contributed by atoms with Gasteiger partial charge in [-0.25, -0.2) is 14.5 Å². The molecule has 0 saturated carbocycles. The van der Waals surface area contributed by atoms with Crippen molar-refractivity contribution >= 4 is 37.1 Å². The number of hydrogen-bond acceptors (Lipinski definition) is 10. The molecule has 3 N–H and O–H groups in total. The zero-order valence-corrected chi connectivity index (χ0v) is 21.2. The highest BCUT2D eigenvalue weighted by molar-refractivity contribution is 7.36. The molecule has 3 rings (SSSR count). The van der Waals surface area contributed by atoms with Crippen LogP contribution in [0.15, 0.2) is 6.33 Å². The number of anilines is 2. The van der Waals surface area contributed by atoms with Crippen molar-refractivity contribution in [1.82, 2.24) is 24.6 Å². The number of imidazole rings is 1. The lowest BCUT2D eigenvalue weighted by atomic mass is 10.1. The highest BCUT2D eigenvalue weighted by Crippen LogP contribution is 2.44. The fraction of sp³-hybridized carbons (Fsp3) is 0.700. The Hall–Kier alpha value is -2.34. The molecular weight excluding hydrogens is 468 g/mol. The van der Waals surface area contributed by atoms with Gasteiger partial charge in [-0.15, -0.1) is 0 Å². The number of nitrogens with one attached hydrogen (secondary N) is 1. The summed E-state index contributed by atoms with van der Waals surface area (Å²) in [6.45, 7) is 8.81. The average molecular weight is 502 g/mol. The summed E-state index contributed by atoms with van der Waals surface area (Å²) in [5, 5.41) is 2.51. The number of halogens is 1. The smallest absolute Gasteiger partial charge is 0.323 e. The van der Waals surface area contributed by atoms with Crippen molar-refractivity contribution in [2.45, 2.75) is 65.3 Å². The standard InChI is InChI=1S/C20H33FN7O5P/c1-7-27(6)15-14-16(25-19(22)24-15)28(10-23-14)17-12(4)8-20(21,33-17)9-31-34(30)26-13(5)18(29)32-11(2)3/h10-13,17,34H,7-9H2,1-6H3,(H,26,30)(H2,22,24,25)/t12-,13-,17+,20-/m0/s1. The summed E-state index contributed by atoms with van der Waals surface area (Å²) >= 11 is 0. The van der Waals surface area contributed by atoms with Gasteiger partial charge < -0.3 is 24.6 Å². The molecule has 3 heterocycles. The van der Waals surface area contributed by atoms with Gasteiger partial charge in [-0.2, -0.15) is 9.97 Å². The number of aromatic nitrogens is 4. The number of rotatable bonds is 10. The van der Waals surface area contributed by atoms with Crippen molar-refractivity contribution in [2.75, 3.05) is 30.8 Å². The molecule has 190 valence electrons. The molecule has 0 bridgehead atoms. The molecule has 12 nitrogen and oxygen atoms in total. The normalized spacial score (nSPS) is 24.5. The Balaban J connectivity index is 1.69. The molecule has 0 radical (unpaired) electrons. The van der Waals surface area contributed by atoms with Gasteiger partial charge in [0.05, 0.1) is 12.4 Å². The molecule has 1 unspecified atom stereocenters. The summed E-state index contributed by atoms with van der Waals surface area (Å²) in [4.78, 5) is 26.7. The van der Waals surface area contributed by atoms with Gasteiger partial charge in [-0.1, -0.05) is 6.92 Å². The minimum atomic E-state index is -2.92. The lowest BCUT2D eigenvalue weighted by Gasteiger charge is -2.22. The number of nitrogens with two attached hydrogens (primary N) is 1. The van der Waals surface area contributed by atoms with E-state index in [2.05, 4.69) is 20.0 Å². The van der Waals surface area contributed by atoms with Crippen LogP contribution in [0.2, 0.25) is 0 Å². The summed E-state index contributed by atoms with van der Waals surface area (Å²) in [5.41, 5.74) is 6.86. The van der Waals surface area contributed by atoms with Gasteiger partial charge >= 0.3 is 5.97 Å². The molecule has 1 saturated heterocycles. The SMILES string of the molecule is CCN(C)c1nc(N)nc2c1ncn2[C@@H]1O[C@](F)(CO[PH](=O)N[C@@H](C)C(=O)OC(C)C)C[C@@H]1C. The van der Waals surface area contributed by atoms with E-state index in [1.54, 1.807) is 18.4 Å². The third kappa shape index (κ3) is 5.83. The fourth-order valence-corrected chi connectivity index (χ4v) is 4.59. The number of hydrogen-bond donors (Lipinski definition) is 2. The summed E-state index contributed by atoms with van der Waals surface area (Å²) in [6.07, 6.45) is 0.478. The Morgan fingerprint density at radius 3 is 2.82 bits per heavy atom. The van der Waals surface area contributed by atoms with Gasteiger partial charge in [0.25, 0.3) is 8.18 Å². The number of carbonyl (C=O) groups is 1. The molecule has 1 aliphatic rings. The predicted molar refractivity (Wildman–Crippen MR) is 125 cm³/mol. The predicted octanol–water partition coefficient (Wildman–Crippen LogP) is 2.42. The van der Waals surface area contributed by atoms with Gasteiger partial charge in [-0.05, 0) is 27.7 Å². The van der Waals surface area contributed by atoms with E-state index >= 15 is 4.39 Å². The van der Waals surface area contributed by atoms with Crippen LogP contribution >= 0.6 is 8.18 Å². The van der Waals surface area contributed by atoms with E-state index < -0.39 is 38.9 Å². The average Bonchev–Trinajstić information content (AvgIpc) is 3.30. The van der Waals surface area contributed by atoms with Crippen molar-refractivity contribution in [3.05, 3.63) is 6.33 Å². The minimum Gasteiger partial charge on any atom is -0.462 e. The maximum absolute atomic E-state index is 15.5. The van der Waals surface area contributed by atoms with Crippen molar-refractivity contribution < 1.29 is 27.7 Å². The summed E-state index contributed by atoms with van der Waals surface area (Å²) < 4.78 is 45.3. The molecule has 2 aromatic rings. The zero-order valence-electron chi connectivity index (χ0n) is 20.2. The highest BCUT2D eigenvalue weighted by Gasteiger charge is 2.47. The first-order chi connectivity index (χ1) is 15.9. The number of fused-ring (bicyclic) bond motifs is 1. The van der Waals surface area contributed by atoms with Crippen LogP contribution in [-0.4, -0.2) is 63.7 Å². The van der Waals surface area contributed by atoms with Gasteiger partial charge in [0.15, 0.2) is 17.0 Å². The van der Waals surface area contributed by atoms with Crippen LogP contribution in [0.5, 0.6) is 0 Å². The fourth-order valence-electron chi connectivity index (χ4n) is 3.69. The summed E-state index contributed by atoms with van der Waals surface area (Å²) in [7, 11) is -1.06. The second-order valence-electron chi connectivity index (χ2n) is 8.74. The first-order valence-corrected chi connectivity index (χ1v) is 12.5. The Bertz CT molecular complexity index is 1050. The second-order valence-corrected chi connectivity index (χ2v) is 9.90. The largest absolute Gasteiger partial charge is 0.462 e. The van der Waals surface area contributed by atoms with Crippen LogP contribution < -0.4 is 15.7 Å². The summed E-state index contributed by atoms with van der Waals surface area (Å²) in [6, 6.07) is -0.863. The topological polar surface area (TPSA) is 147 Å². The molecule has 0 spiro atoms. The van der Waals surface area contributed by atoms with Crippen LogP contribution in [0.4, 0.5) is 16.2 Å². The van der Waals surface area contributed by atoms with E-state index in [0.717, 1.165) is 0 Å². The molecule has 1 aliphatic heterocycles. The lowest BCUT2D eigenvalue weighted by molar-refractivity contribution is -0.172. The monoisotopic (exact) mass is 501 g/mol. The molecule has 0 aromatic carbocycles. The van der Waals surface area contributed by atoms with Crippen molar-refractivity contribution in [3.63, 3.8) is 0 Å². The van der Waals surface area contributed by atoms with Gasteiger partial charge in [0, 0.05) is 25.9 Å². The Labute approximate surface area is 198 Å². The van der Waals surface area contributed by atoms with Crippen molar-refractivity contribution in [1.29, 1.82) is 0 Å². The van der Waals surface area contributed by atoms with E-state index in [1.807, 2.05) is 25.8 Å². The third-order valence-corrected chi connectivity index (χ3v) is 6.51. The number of nitrogens with zero attached hydrogens (tertiary/aromatic N) is 5. The van der Waals surface area contributed by atoms with Crippen LogP contribution in [0.3, 0.4) is 0 Å². The van der Waals surface area contributed by atoms with E-state index in [0.29, 0.717) is 23.5 Å². The van der Waals surface area contributed by atoms with Crippen molar-refractivity contribution in [2.24, 2.45) is 5.92 Å². The quantitative estimate of drug-likeness (QED) is 0.365. The van der Waals surface area contributed by atoms with Gasteiger partial charge in [0.1, 0.15) is 18.9 Å². The number of alkyl halides is 1. The Kier molecular flexibility index (Phi) is 8.12. The first kappa shape index (κ1) is 26.3. The van der Waals surface area contributed by atoms with Crippen LogP contribution in [0.25, 0.3) is 11.2 Å². The molecule has 14 heteroatoms. The van der Waals surface area contributed by atoms with Crippen LogP contribution in [0.1, 0.15) is 47.3 Å². The second kappa shape index (κ2) is 10.5. The van der Waals surface area contributed by atoms with E-state index in [4.69, 9.17) is 19.7 Å². The maximum atomic E-state index is 15.5. The highest BCUT2D eigenvalue weighted by atomic mass is 31.1. The van der Waals surface area contributed by atoms with Gasteiger partial charge in [0.2, 0.25) is 11.8 Å².